The summed E-state index contributed by atoms with van der Waals surface area (Å²) >= 11 is 7.40. The molecule has 0 spiro atoms. The van der Waals surface area contributed by atoms with Crippen molar-refractivity contribution in [3.63, 3.8) is 0 Å². The van der Waals surface area contributed by atoms with Crippen LogP contribution < -0.4 is 4.74 Å². The van der Waals surface area contributed by atoms with E-state index in [4.69, 9.17) is 21.1 Å². The summed E-state index contributed by atoms with van der Waals surface area (Å²) in [6, 6.07) is 7.25. The lowest BCUT2D eigenvalue weighted by molar-refractivity contribution is -0.133. The third-order valence-electron chi connectivity index (χ3n) is 4.65. The molecule has 0 saturated carbocycles. The Hall–Kier alpha value is -1.63. The van der Waals surface area contributed by atoms with E-state index >= 15 is 0 Å². The van der Waals surface area contributed by atoms with Crippen LogP contribution in [-0.4, -0.2) is 41.6 Å². The van der Waals surface area contributed by atoms with Crippen LogP contribution >= 0.6 is 22.9 Å². The number of carbonyl (C=O) groups excluding carboxylic acids is 1. The van der Waals surface area contributed by atoms with Gasteiger partial charge < -0.3 is 14.4 Å². The Morgan fingerprint density at radius 1 is 1.36 bits per heavy atom. The topological polar surface area (TPSA) is 51.7 Å². The molecule has 7 heteroatoms. The maximum Gasteiger partial charge on any atom is 0.228 e. The van der Waals surface area contributed by atoms with Crippen LogP contribution in [0.3, 0.4) is 0 Å². The Balaban J connectivity index is 1.51. The molecule has 0 aliphatic carbocycles. The first kappa shape index (κ1) is 21.1. The van der Waals surface area contributed by atoms with Gasteiger partial charge in [-0.1, -0.05) is 18.5 Å². The van der Waals surface area contributed by atoms with Gasteiger partial charge in [0.2, 0.25) is 5.91 Å². The molecule has 1 atom stereocenters. The highest BCUT2D eigenvalue weighted by molar-refractivity contribution is 7.09. The van der Waals surface area contributed by atoms with Crippen molar-refractivity contribution in [3.05, 3.63) is 45.4 Å². The number of rotatable bonds is 9. The van der Waals surface area contributed by atoms with Crippen LogP contribution in [0.4, 0.5) is 0 Å². The smallest absolute Gasteiger partial charge is 0.228 e. The van der Waals surface area contributed by atoms with Crippen LogP contribution in [0.1, 0.15) is 43.3 Å². The van der Waals surface area contributed by atoms with E-state index in [9.17, 15) is 4.79 Å². The molecule has 1 aliphatic rings. The van der Waals surface area contributed by atoms with Crippen LogP contribution in [0.15, 0.2) is 29.6 Å². The van der Waals surface area contributed by atoms with Crippen molar-refractivity contribution in [2.45, 2.75) is 51.7 Å². The van der Waals surface area contributed by atoms with Crippen molar-refractivity contribution in [1.82, 2.24) is 9.88 Å². The minimum absolute atomic E-state index is 0.117. The zero-order valence-electron chi connectivity index (χ0n) is 16.2. The molecule has 0 radical (unpaired) electrons. The van der Waals surface area contributed by atoms with Crippen LogP contribution in [0.2, 0.25) is 5.02 Å². The molecule has 0 N–H and O–H groups in total. The molecule has 1 aliphatic heterocycles. The highest BCUT2D eigenvalue weighted by Gasteiger charge is 2.21. The quantitative estimate of drug-likeness (QED) is 0.586. The Kier molecular flexibility index (Phi) is 8.13. The minimum atomic E-state index is 0.117. The van der Waals surface area contributed by atoms with Crippen LogP contribution in [0.5, 0.6) is 5.75 Å². The van der Waals surface area contributed by atoms with Crippen molar-refractivity contribution in [2.75, 3.05) is 19.7 Å². The summed E-state index contributed by atoms with van der Waals surface area (Å²) in [6.45, 7) is 4.73. The van der Waals surface area contributed by atoms with E-state index in [1.54, 1.807) is 12.1 Å². The van der Waals surface area contributed by atoms with E-state index in [-0.39, 0.29) is 12.0 Å². The van der Waals surface area contributed by atoms with Gasteiger partial charge in [-0.15, -0.1) is 11.3 Å². The van der Waals surface area contributed by atoms with E-state index in [0.717, 1.165) is 48.9 Å². The molecular weight excluding hydrogens is 396 g/mol. The van der Waals surface area contributed by atoms with Crippen molar-refractivity contribution >= 4 is 28.8 Å². The van der Waals surface area contributed by atoms with Crippen molar-refractivity contribution < 1.29 is 14.3 Å². The Morgan fingerprint density at radius 2 is 2.18 bits per heavy atom. The molecule has 2 heterocycles. The highest BCUT2D eigenvalue weighted by atomic mass is 35.5. The average molecular weight is 423 g/mol. The zero-order valence-corrected chi connectivity index (χ0v) is 17.8. The number of carbonyl (C=O) groups is 1. The SMILES string of the molecule is CCCN(CC1CCCCO1)C(=O)Cc1csc(COc2ccc(Cl)cc2)n1. The molecule has 1 aromatic heterocycles. The number of halogens is 1. The highest BCUT2D eigenvalue weighted by Crippen LogP contribution is 2.19. The first-order valence-electron chi connectivity index (χ1n) is 9.85. The van der Waals surface area contributed by atoms with Gasteiger partial charge in [-0.2, -0.15) is 0 Å². The maximum atomic E-state index is 12.8. The van der Waals surface area contributed by atoms with Gasteiger partial charge in [0.1, 0.15) is 17.4 Å². The first-order valence-corrected chi connectivity index (χ1v) is 11.1. The summed E-state index contributed by atoms with van der Waals surface area (Å²) < 4.78 is 11.5. The van der Waals surface area contributed by atoms with Gasteiger partial charge in [0.05, 0.1) is 18.2 Å². The van der Waals surface area contributed by atoms with E-state index in [1.807, 2.05) is 22.4 Å². The molecule has 28 heavy (non-hydrogen) atoms. The van der Waals surface area contributed by atoms with Crippen molar-refractivity contribution in [1.29, 1.82) is 0 Å². The molecule has 1 aromatic carbocycles. The zero-order chi connectivity index (χ0) is 19.8. The predicted molar refractivity (Wildman–Crippen MR) is 112 cm³/mol. The third-order valence-corrected chi connectivity index (χ3v) is 5.77. The number of thiazole rings is 1. The standard InChI is InChI=1S/C21H27ClN2O3S/c1-2-10-24(13-19-5-3-4-11-26-19)21(25)12-17-15-28-20(23-17)14-27-18-8-6-16(22)7-9-18/h6-9,15,19H,2-5,10-14H2,1H3. The summed E-state index contributed by atoms with van der Waals surface area (Å²) in [5.74, 6) is 0.866. The van der Waals surface area contributed by atoms with Gasteiger partial charge in [0, 0.05) is 30.1 Å². The molecular formula is C21H27ClN2O3S. The fourth-order valence-electron chi connectivity index (χ4n) is 3.22. The number of amides is 1. The monoisotopic (exact) mass is 422 g/mol. The van der Waals surface area contributed by atoms with Gasteiger partial charge >= 0.3 is 0 Å². The number of aromatic nitrogens is 1. The first-order chi connectivity index (χ1) is 13.6. The second-order valence-electron chi connectivity index (χ2n) is 6.98. The molecule has 1 fully saturated rings. The normalized spacial score (nSPS) is 16.7. The number of benzene rings is 1. The number of nitrogens with zero attached hydrogens (tertiary/aromatic N) is 2. The minimum Gasteiger partial charge on any atom is -0.486 e. The molecule has 152 valence electrons. The average Bonchev–Trinajstić information content (AvgIpc) is 3.15. The van der Waals surface area contributed by atoms with Crippen LogP contribution in [0, 0.1) is 0 Å². The number of hydrogen-bond acceptors (Lipinski definition) is 5. The summed E-state index contributed by atoms with van der Waals surface area (Å²) in [5.41, 5.74) is 0.801. The predicted octanol–water partition coefficient (Wildman–Crippen LogP) is 4.73. The Labute approximate surface area is 175 Å². The summed E-state index contributed by atoms with van der Waals surface area (Å²) in [7, 11) is 0. The van der Waals surface area contributed by atoms with Crippen molar-refractivity contribution in [3.8, 4) is 5.75 Å². The van der Waals surface area contributed by atoms with E-state index in [1.165, 1.54) is 17.8 Å². The van der Waals surface area contributed by atoms with Gasteiger partial charge in [-0.25, -0.2) is 4.98 Å². The lowest BCUT2D eigenvalue weighted by atomic mass is 10.1. The van der Waals surface area contributed by atoms with Crippen LogP contribution in [0.25, 0.3) is 0 Å². The molecule has 3 rings (SSSR count). The van der Waals surface area contributed by atoms with Gasteiger partial charge in [0.25, 0.3) is 0 Å². The fourth-order valence-corrected chi connectivity index (χ4v) is 4.05. The van der Waals surface area contributed by atoms with E-state index in [0.29, 0.717) is 24.6 Å². The van der Waals surface area contributed by atoms with Crippen molar-refractivity contribution in [2.24, 2.45) is 0 Å². The molecule has 5 nitrogen and oxygen atoms in total. The molecule has 1 amide bonds. The summed E-state index contributed by atoms with van der Waals surface area (Å²) in [5, 5.41) is 3.48. The molecule has 1 saturated heterocycles. The molecule has 2 aromatic rings. The Bertz CT molecular complexity index is 744. The summed E-state index contributed by atoms with van der Waals surface area (Å²) in [4.78, 5) is 19.3. The second-order valence-corrected chi connectivity index (χ2v) is 8.36. The second kappa shape index (κ2) is 10.8. The van der Waals surface area contributed by atoms with Gasteiger partial charge in [-0.3, -0.25) is 4.79 Å². The molecule has 1 unspecified atom stereocenters. The Morgan fingerprint density at radius 3 is 2.89 bits per heavy atom. The summed E-state index contributed by atoms with van der Waals surface area (Å²) in [6.07, 6.45) is 4.78. The maximum absolute atomic E-state index is 12.8. The lowest BCUT2D eigenvalue weighted by Gasteiger charge is -2.29. The molecule has 0 bridgehead atoms. The third kappa shape index (κ3) is 6.47. The number of hydrogen-bond donors (Lipinski definition) is 0. The largest absolute Gasteiger partial charge is 0.486 e. The number of ether oxygens (including phenoxy) is 2. The van der Waals surface area contributed by atoms with Gasteiger partial charge in [-0.05, 0) is 49.9 Å². The van der Waals surface area contributed by atoms with E-state index in [2.05, 4.69) is 11.9 Å². The fraction of sp³-hybridized carbons (Fsp3) is 0.524. The van der Waals surface area contributed by atoms with Gasteiger partial charge in [0.15, 0.2) is 0 Å². The van der Waals surface area contributed by atoms with Crippen LogP contribution in [-0.2, 0) is 22.6 Å². The van der Waals surface area contributed by atoms with E-state index < -0.39 is 0 Å². The lowest BCUT2D eigenvalue weighted by Crippen LogP contribution is -2.41.